The van der Waals surface area contributed by atoms with Crippen LogP contribution in [0, 0.1) is 0 Å². The van der Waals surface area contributed by atoms with Crippen molar-refractivity contribution in [3.63, 3.8) is 0 Å². The van der Waals surface area contributed by atoms with Crippen molar-refractivity contribution in [1.29, 1.82) is 0 Å². The molecule has 0 bridgehead atoms. The molecule has 5 aromatic carbocycles. The summed E-state index contributed by atoms with van der Waals surface area (Å²) < 4.78 is 2.35. The summed E-state index contributed by atoms with van der Waals surface area (Å²) in [4.78, 5) is 0. The first-order valence-electron chi connectivity index (χ1n) is 11.3. The molecule has 0 unspecified atom stereocenters. The Morgan fingerprint density at radius 2 is 1.03 bits per heavy atom. The van der Waals surface area contributed by atoms with Crippen LogP contribution >= 0.6 is 0 Å². The molecule has 1 nitrogen and oxygen atoms in total. The van der Waals surface area contributed by atoms with Crippen molar-refractivity contribution in [3.8, 4) is 5.69 Å². The summed E-state index contributed by atoms with van der Waals surface area (Å²) in [6.07, 6.45) is 2.30. The van der Waals surface area contributed by atoms with E-state index >= 15 is 0 Å². The zero-order chi connectivity index (χ0) is 22.0. The second kappa shape index (κ2) is 8.29. The van der Waals surface area contributed by atoms with Crippen LogP contribution in [-0.2, 0) is 0 Å². The smallest absolute Gasteiger partial charge is 0.0541 e. The van der Waals surface area contributed by atoms with Crippen molar-refractivity contribution in [3.05, 3.63) is 150 Å². The lowest BCUT2D eigenvalue weighted by Gasteiger charge is -2.10. The van der Waals surface area contributed by atoms with E-state index < -0.39 is 0 Å². The number of rotatable bonds is 4. The van der Waals surface area contributed by atoms with Gasteiger partial charge in [-0.2, -0.15) is 0 Å². The zero-order valence-corrected chi connectivity index (χ0v) is 18.2. The molecule has 156 valence electrons. The molecule has 0 aliphatic heterocycles. The summed E-state index contributed by atoms with van der Waals surface area (Å²) in [7, 11) is 0. The molecule has 0 fully saturated rings. The van der Waals surface area contributed by atoms with Crippen LogP contribution < -0.4 is 0 Å². The van der Waals surface area contributed by atoms with Gasteiger partial charge in [-0.1, -0.05) is 103 Å². The van der Waals surface area contributed by atoms with E-state index in [-0.39, 0.29) is 0 Å². The Morgan fingerprint density at radius 3 is 1.70 bits per heavy atom. The number of nitrogens with zero attached hydrogens (tertiary/aromatic N) is 1. The fourth-order valence-electron chi connectivity index (χ4n) is 4.67. The summed E-state index contributed by atoms with van der Waals surface area (Å²) in [5, 5.41) is 2.54. The number of hydrogen-bond acceptors (Lipinski definition) is 0. The third-order valence-electron chi connectivity index (χ3n) is 6.19. The van der Waals surface area contributed by atoms with Crippen LogP contribution in [0.2, 0.25) is 0 Å². The fourth-order valence-corrected chi connectivity index (χ4v) is 4.67. The first-order chi connectivity index (χ1) is 16.4. The highest BCUT2D eigenvalue weighted by Crippen LogP contribution is 2.34. The van der Waals surface area contributed by atoms with Crippen molar-refractivity contribution in [2.75, 3.05) is 0 Å². The van der Waals surface area contributed by atoms with Gasteiger partial charge in [0, 0.05) is 16.5 Å². The van der Waals surface area contributed by atoms with Crippen molar-refractivity contribution < 1.29 is 0 Å². The standard InChI is InChI=1S/C32H23N/c1-4-12-25(13-5-1)29(26-14-6-2-7-15-26)22-24-20-21-32-30(23-24)28-18-10-11-19-31(28)33(32)27-16-8-3-9-17-27/h1-23H. The predicted octanol–water partition coefficient (Wildman–Crippen LogP) is 8.37. The highest BCUT2D eigenvalue weighted by atomic mass is 15.0. The normalized spacial score (nSPS) is 11.0. The van der Waals surface area contributed by atoms with Crippen LogP contribution in [-0.4, -0.2) is 4.57 Å². The summed E-state index contributed by atoms with van der Waals surface area (Å²) in [6.45, 7) is 0. The molecule has 0 radical (unpaired) electrons. The molecule has 1 heteroatoms. The van der Waals surface area contributed by atoms with Gasteiger partial charge < -0.3 is 4.57 Å². The quantitative estimate of drug-likeness (QED) is 0.252. The van der Waals surface area contributed by atoms with Crippen LogP contribution in [0.25, 0.3) is 39.1 Å². The van der Waals surface area contributed by atoms with Gasteiger partial charge in [0.15, 0.2) is 0 Å². The lowest BCUT2D eigenvalue weighted by molar-refractivity contribution is 1.18. The summed E-state index contributed by atoms with van der Waals surface area (Å²) in [5.41, 5.74) is 8.49. The fraction of sp³-hybridized carbons (Fsp3) is 0. The second-order valence-corrected chi connectivity index (χ2v) is 8.25. The molecule has 0 aliphatic carbocycles. The lowest BCUT2D eigenvalue weighted by Crippen LogP contribution is -1.93. The SMILES string of the molecule is C(=C(c1ccccc1)c1ccccc1)c1ccc2c(c1)c1ccccc1n2-c1ccccc1. The maximum Gasteiger partial charge on any atom is 0.0541 e. The number of para-hydroxylation sites is 2. The molecule has 0 N–H and O–H groups in total. The van der Waals surface area contributed by atoms with E-state index in [4.69, 9.17) is 0 Å². The Bertz CT molecular complexity index is 1530. The highest BCUT2D eigenvalue weighted by Gasteiger charge is 2.12. The van der Waals surface area contributed by atoms with E-state index in [2.05, 4.69) is 144 Å². The highest BCUT2D eigenvalue weighted by molar-refractivity contribution is 6.10. The molecule has 6 aromatic rings. The minimum Gasteiger partial charge on any atom is -0.309 e. The minimum atomic E-state index is 1.18. The lowest BCUT2D eigenvalue weighted by atomic mass is 9.95. The largest absolute Gasteiger partial charge is 0.309 e. The molecule has 0 saturated carbocycles. The Morgan fingerprint density at radius 1 is 0.485 bits per heavy atom. The first-order valence-corrected chi connectivity index (χ1v) is 11.3. The molecule has 0 aliphatic rings. The third-order valence-corrected chi connectivity index (χ3v) is 6.19. The van der Waals surface area contributed by atoms with E-state index in [0.717, 1.165) is 0 Å². The van der Waals surface area contributed by atoms with E-state index in [9.17, 15) is 0 Å². The van der Waals surface area contributed by atoms with Crippen molar-refractivity contribution >= 4 is 33.5 Å². The zero-order valence-electron chi connectivity index (χ0n) is 18.2. The third kappa shape index (κ3) is 3.54. The monoisotopic (exact) mass is 421 g/mol. The second-order valence-electron chi connectivity index (χ2n) is 8.25. The molecule has 0 atom stereocenters. The van der Waals surface area contributed by atoms with Gasteiger partial charge in [0.25, 0.3) is 0 Å². The van der Waals surface area contributed by atoms with E-state index in [0.29, 0.717) is 0 Å². The summed E-state index contributed by atoms with van der Waals surface area (Å²) >= 11 is 0. The number of aromatic nitrogens is 1. The Balaban J connectivity index is 1.58. The van der Waals surface area contributed by atoms with Gasteiger partial charge in [-0.05, 0) is 58.7 Å². The maximum atomic E-state index is 2.35. The number of fused-ring (bicyclic) bond motifs is 3. The maximum absolute atomic E-state index is 2.35. The predicted molar refractivity (Wildman–Crippen MR) is 141 cm³/mol. The van der Waals surface area contributed by atoms with Crippen LogP contribution in [0.5, 0.6) is 0 Å². The summed E-state index contributed by atoms with van der Waals surface area (Å²) in [5.74, 6) is 0. The van der Waals surface area contributed by atoms with Crippen LogP contribution in [0.1, 0.15) is 16.7 Å². The van der Waals surface area contributed by atoms with E-state index in [1.165, 1.54) is 49.8 Å². The van der Waals surface area contributed by atoms with Crippen LogP contribution in [0.4, 0.5) is 0 Å². The van der Waals surface area contributed by atoms with Crippen LogP contribution in [0.15, 0.2) is 133 Å². The molecular formula is C32H23N. The van der Waals surface area contributed by atoms with Crippen molar-refractivity contribution in [1.82, 2.24) is 4.57 Å². The van der Waals surface area contributed by atoms with Crippen molar-refractivity contribution in [2.45, 2.75) is 0 Å². The molecule has 0 saturated heterocycles. The molecule has 1 heterocycles. The van der Waals surface area contributed by atoms with Gasteiger partial charge in [0.1, 0.15) is 0 Å². The molecule has 0 spiro atoms. The topological polar surface area (TPSA) is 4.93 Å². The summed E-state index contributed by atoms with van der Waals surface area (Å²) in [6, 6.07) is 47.3. The molecule has 0 amide bonds. The molecule has 6 rings (SSSR count). The van der Waals surface area contributed by atoms with Gasteiger partial charge in [-0.25, -0.2) is 0 Å². The first kappa shape index (κ1) is 19.3. The molecule has 1 aromatic heterocycles. The Kier molecular flexibility index (Phi) is 4.86. The minimum absolute atomic E-state index is 1.18. The van der Waals surface area contributed by atoms with Crippen LogP contribution in [0.3, 0.4) is 0 Å². The van der Waals surface area contributed by atoms with Gasteiger partial charge in [-0.3, -0.25) is 0 Å². The van der Waals surface area contributed by atoms with Gasteiger partial charge in [0.2, 0.25) is 0 Å². The Labute approximate surface area is 193 Å². The average Bonchev–Trinajstić information content (AvgIpc) is 3.22. The van der Waals surface area contributed by atoms with Crippen molar-refractivity contribution in [2.24, 2.45) is 0 Å². The number of hydrogen-bond donors (Lipinski definition) is 0. The van der Waals surface area contributed by atoms with E-state index in [1.807, 2.05) is 0 Å². The van der Waals surface area contributed by atoms with Gasteiger partial charge in [-0.15, -0.1) is 0 Å². The molecule has 33 heavy (non-hydrogen) atoms. The Hall–Kier alpha value is -4.36. The number of benzene rings is 5. The molecular weight excluding hydrogens is 398 g/mol. The van der Waals surface area contributed by atoms with E-state index in [1.54, 1.807) is 0 Å². The van der Waals surface area contributed by atoms with Gasteiger partial charge in [0.05, 0.1) is 11.0 Å². The average molecular weight is 422 g/mol. The van der Waals surface area contributed by atoms with Gasteiger partial charge >= 0.3 is 0 Å².